The molecule has 3 nitrogen and oxygen atoms in total. The van der Waals surface area contributed by atoms with Gasteiger partial charge in [0.15, 0.2) is 0 Å². The Labute approximate surface area is 186 Å². The maximum Gasteiger partial charge on any atom is 0.115 e. The third kappa shape index (κ3) is 4.59. The van der Waals surface area contributed by atoms with E-state index in [4.69, 9.17) is 23.2 Å². The number of hydrogen-bond acceptors (Lipinski definition) is 2. The van der Waals surface area contributed by atoms with Crippen LogP contribution in [0.5, 0.6) is 0 Å². The Bertz CT molecular complexity index is 1040. The molecule has 152 valence electrons. The number of nitrogens with zero attached hydrogens (tertiary/aromatic N) is 2. The van der Waals surface area contributed by atoms with Gasteiger partial charge in [0.1, 0.15) is 5.60 Å². The average Bonchev–Trinajstić information content (AvgIpc) is 3.20. The molecule has 30 heavy (non-hydrogen) atoms. The lowest BCUT2D eigenvalue weighted by Crippen LogP contribution is -2.28. The number of benzene rings is 3. The number of halogens is 2. The van der Waals surface area contributed by atoms with Gasteiger partial charge < -0.3 is 9.67 Å². The molecule has 0 radical (unpaired) electrons. The summed E-state index contributed by atoms with van der Waals surface area (Å²) in [5.41, 5.74) is 2.70. The molecule has 0 aliphatic heterocycles. The van der Waals surface area contributed by atoms with Crippen LogP contribution in [0.3, 0.4) is 0 Å². The molecule has 0 spiro atoms. The van der Waals surface area contributed by atoms with Crippen molar-refractivity contribution in [2.45, 2.75) is 25.0 Å². The van der Waals surface area contributed by atoms with E-state index in [-0.39, 0.29) is 0 Å². The monoisotopic (exact) mass is 436 g/mol. The first kappa shape index (κ1) is 20.7. The lowest BCUT2D eigenvalue weighted by Gasteiger charge is -2.30. The number of aromatic nitrogens is 2. The zero-order valence-electron chi connectivity index (χ0n) is 16.4. The van der Waals surface area contributed by atoms with E-state index in [0.717, 1.165) is 23.4 Å². The van der Waals surface area contributed by atoms with Crippen LogP contribution in [-0.4, -0.2) is 14.7 Å². The molecule has 1 heterocycles. The zero-order chi connectivity index (χ0) is 21.0. The molecule has 0 aliphatic rings. The number of aryl methyl sites for hydroxylation is 1. The first-order valence-electron chi connectivity index (χ1n) is 9.82. The van der Waals surface area contributed by atoms with E-state index in [9.17, 15) is 5.11 Å². The summed E-state index contributed by atoms with van der Waals surface area (Å²) in [5.74, 6) is 0. The Kier molecular flexibility index (Phi) is 6.24. The Hall–Kier alpha value is -2.59. The fourth-order valence-electron chi connectivity index (χ4n) is 3.69. The van der Waals surface area contributed by atoms with Gasteiger partial charge in [-0.1, -0.05) is 77.8 Å². The van der Waals surface area contributed by atoms with Gasteiger partial charge in [-0.25, -0.2) is 4.98 Å². The van der Waals surface area contributed by atoms with Crippen molar-refractivity contribution in [3.8, 4) is 0 Å². The van der Waals surface area contributed by atoms with Crippen LogP contribution >= 0.6 is 23.2 Å². The minimum absolute atomic E-state index is 0.497. The van der Waals surface area contributed by atoms with Crippen LogP contribution in [0.2, 0.25) is 10.0 Å². The molecule has 0 aliphatic carbocycles. The van der Waals surface area contributed by atoms with E-state index < -0.39 is 5.60 Å². The Morgan fingerprint density at radius 1 is 0.800 bits per heavy atom. The molecule has 4 rings (SSSR count). The van der Waals surface area contributed by atoms with Crippen molar-refractivity contribution in [2.24, 2.45) is 0 Å². The fourth-order valence-corrected chi connectivity index (χ4v) is 3.95. The summed E-state index contributed by atoms with van der Waals surface area (Å²) in [4.78, 5) is 4.33. The molecule has 0 atom stereocenters. The summed E-state index contributed by atoms with van der Waals surface area (Å²) in [6.45, 7) is 0.747. The highest BCUT2D eigenvalue weighted by Crippen LogP contribution is 2.35. The topological polar surface area (TPSA) is 38.1 Å². The van der Waals surface area contributed by atoms with Gasteiger partial charge in [0, 0.05) is 28.5 Å². The first-order valence-corrected chi connectivity index (χ1v) is 10.6. The largest absolute Gasteiger partial charge is 0.380 e. The SMILES string of the molecule is OC(CCc1cncn1Cc1ccccc1)(c1ccc(Cl)cc1)c1ccc(Cl)cc1. The summed E-state index contributed by atoms with van der Waals surface area (Å²) in [5, 5.41) is 13.1. The number of rotatable bonds is 7. The lowest BCUT2D eigenvalue weighted by molar-refractivity contribution is 0.0708. The van der Waals surface area contributed by atoms with Crippen LogP contribution in [0.1, 0.15) is 28.8 Å². The second-order valence-electron chi connectivity index (χ2n) is 7.37. The smallest absolute Gasteiger partial charge is 0.115 e. The van der Waals surface area contributed by atoms with Gasteiger partial charge in [-0.3, -0.25) is 0 Å². The molecule has 0 saturated carbocycles. The molecule has 0 bridgehead atoms. The molecule has 1 N–H and O–H groups in total. The molecule has 1 aromatic heterocycles. The third-order valence-corrected chi connectivity index (χ3v) is 5.88. The lowest BCUT2D eigenvalue weighted by atomic mass is 9.82. The minimum atomic E-state index is -1.17. The maximum atomic E-state index is 11.8. The maximum absolute atomic E-state index is 11.8. The predicted molar refractivity (Wildman–Crippen MR) is 122 cm³/mol. The average molecular weight is 437 g/mol. The Morgan fingerprint density at radius 2 is 1.37 bits per heavy atom. The predicted octanol–water partition coefficient (Wildman–Crippen LogP) is 6.11. The molecule has 3 aromatic carbocycles. The molecule has 0 fully saturated rings. The van der Waals surface area contributed by atoms with Crippen molar-refractivity contribution in [3.63, 3.8) is 0 Å². The highest BCUT2D eigenvalue weighted by atomic mass is 35.5. The Morgan fingerprint density at radius 3 is 1.93 bits per heavy atom. The van der Waals surface area contributed by atoms with Crippen molar-refractivity contribution in [3.05, 3.63) is 124 Å². The van der Waals surface area contributed by atoms with Crippen LogP contribution in [0.25, 0.3) is 0 Å². The number of aliphatic hydroxyl groups is 1. The van der Waals surface area contributed by atoms with Crippen LogP contribution in [0.15, 0.2) is 91.4 Å². The normalized spacial score (nSPS) is 11.6. The molecule has 0 amide bonds. The van der Waals surface area contributed by atoms with Gasteiger partial charge in [-0.05, 0) is 53.8 Å². The molecular weight excluding hydrogens is 415 g/mol. The molecule has 4 aromatic rings. The first-order chi connectivity index (χ1) is 14.5. The molecular formula is C25H22Cl2N2O. The van der Waals surface area contributed by atoms with Crippen molar-refractivity contribution in [1.82, 2.24) is 9.55 Å². The van der Waals surface area contributed by atoms with Gasteiger partial charge in [-0.2, -0.15) is 0 Å². The van der Waals surface area contributed by atoms with E-state index >= 15 is 0 Å². The highest BCUT2D eigenvalue weighted by molar-refractivity contribution is 6.30. The molecule has 5 heteroatoms. The minimum Gasteiger partial charge on any atom is -0.380 e. The van der Waals surface area contributed by atoms with Crippen molar-refractivity contribution < 1.29 is 5.11 Å². The van der Waals surface area contributed by atoms with Gasteiger partial charge >= 0.3 is 0 Å². The summed E-state index contributed by atoms with van der Waals surface area (Å²) in [6.07, 6.45) is 4.87. The van der Waals surface area contributed by atoms with E-state index in [1.54, 1.807) is 24.3 Å². The van der Waals surface area contributed by atoms with Crippen molar-refractivity contribution >= 4 is 23.2 Å². The number of imidazole rings is 1. The zero-order valence-corrected chi connectivity index (χ0v) is 17.9. The molecule has 0 saturated heterocycles. The summed E-state index contributed by atoms with van der Waals surface area (Å²) in [6, 6.07) is 25.0. The summed E-state index contributed by atoms with van der Waals surface area (Å²) in [7, 11) is 0. The van der Waals surface area contributed by atoms with E-state index in [2.05, 4.69) is 21.7 Å². The van der Waals surface area contributed by atoms with E-state index in [1.807, 2.05) is 55.0 Å². The third-order valence-electron chi connectivity index (χ3n) is 5.38. The van der Waals surface area contributed by atoms with Crippen LogP contribution < -0.4 is 0 Å². The molecule has 0 unspecified atom stereocenters. The van der Waals surface area contributed by atoms with Crippen LogP contribution in [-0.2, 0) is 18.6 Å². The summed E-state index contributed by atoms with van der Waals surface area (Å²) < 4.78 is 2.12. The van der Waals surface area contributed by atoms with E-state index in [0.29, 0.717) is 22.9 Å². The standard InChI is InChI=1S/C25H22Cl2N2O/c26-22-10-6-20(7-11-22)25(30,21-8-12-23(27)13-9-21)15-14-24-16-28-18-29(24)17-19-4-2-1-3-5-19/h1-13,16,18,30H,14-15,17H2. The van der Waals surface area contributed by atoms with E-state index in [1.165, 1.54) is 5.56 Å². The van der Waals surface area contributed by atoms with Crippen molar-refractivity contribution in [1.29, 1.82) is 0 Å². The fraction of sp³-hybridized carbons (Fsp3) is 0.160. The van der Waals surface area contributed by atoms with Gasteiger partial charge in [0.05, 0.1) is 6.33 Å². The quantitative estimate of drug-likeness (QED) is 0.379. The Balaban J connectivity index is 1.61. The number of hydrogen-bond donors (Lipinski definition) is 1. The van der Waals surface area contributed by atoms with Gasteiger partial charge in [0.2, 0.25) is 0 Å². The summed E-state index contributed by atoms with van der Waals surface area (Å²) >= 11 is 12.1. The van der Waals surface area contributed by atoms with Crippen LogP contribution in [0, 0.1) is 0 Å². The van der Waals surface area contributed by atoms with Gasteiger partial charge in [-0.15, -0.1) is 0 Å². The van der Waals surface area contributed by atoms with Crippen LogP contribution in [0.4, 0.5) is 0 Å². The second kappa shape index (κ2) is 9.05. The second-order valence-corrected chi connectivity index (χ2v) is 8.25. The van der Waals surface area contributed by atoms with Crippen molar-refractivity contribution in [2.75, 3.05) is 0 Å². The highest BCUT2D eigenvalue weighted by Gasteiger charge is 2.31. The van der Waals surface area contributed by atoms with Gasteiger partial charge in [0.25, 0.3) is 0 Å².